The Bertz CT molecular complexity index is 332. The zero-order chi connectivity index (χ0) is 12.5. The highest BCUT2D eigenvalue weighted by molar-refractivity contribution is 8.00. The number of carbonyl (C=O) groups excluding carboxylic acids is 1. The molecule has 2 amide bonds. The van der Waals surface area contributed by atoms with E-state index in [2.05, 4.69) is 16.9 Å². The fourth-order valence-corrected chi connectivity index (χ4v) is 2.96. The molecule has 0 radical (unpaired) electrons. The van der Waals surface area contributed by atoms with Crippen molar-refractivity contribution in [3.8, 4) is 0 Å². The first kappa shape index (κ1) is 12.5. The maximum absolute atomic E-state index is 11.6. The van der Waals surface area contributed by atoms with Crippen molar-refractivity contribution < 1.29 is 14.7 Å². The molecule has 0 unspecified atom stereocenters. The van der Waals surface area contributed by atoms with Crippen LogP contribution in [0.25, 0.3) is 0 Å². The van der Waals surface area contributed by atoms with E-state index < -0.39 is 11.5 Å². The standard InChI is InChI=1S/C11H18N2O3S/c1-17-10(3-2-4-10)7-12-9(16)13-11(5-6-11)8(14)15/h2-7H2,1H3,(H,14,15)(H2,12,13,16). The monoisotopic (exact) mass is 258 g/mol. The van der Waals surface area contributed by atoms with Crippen LogP contribution in [0.15, 0.2) is 0 Å². The van der Waals surface area contributed by atoms with Crippen molar-refractivity contribution in [2.24, 2.45) is 0 Å². The first-order valence-corrected chi connectivity index (χ1v) is 7.09. The minimum atomic E-state index is -0.990. The van der Waals surface area contributed by atoms with E-state index in [1.54, 1.807) is 11.8 Å². The number of carboxylic acid groups (broad SMARTS) is 1. The Kier molecular flexibility index (Phi) is 3.25. The van der Waals surface area contributed by atoms with E-state index >= 15 is 0 Å². The first-order chi connectivity index (χ1) is 8.02. The molecule has 3 N–H and O–H groups in total. The largest absolute Gasteiger partial charge is 0.480 e. The van der Waals surface area contributed by atoms with Gasteiger partial charge in [0.1, 0.15) is 5.54 Å². The summed E-state index contributed by atoms with van der Waals surface area (Å²) in [4.78, 5) is 22.5. The molecule has 2 aliphatic carbocycles. The van der Waals surface area contributed by atoms with Crippen molar-refractivity contribution in [2.75, 3.05) is 12.8 Å². The molecule has 0 spiro atoms. The second-order valence-electron chi connectivity index (χ2n) is 4.94. The molecule has 17 heavy (non-hydrogen) atoms. The van der Waals surface area contributed by atoms with Gasteiger partial charge in [-0.15, -0.1) is 0 Å². The molecular formula is C11H18N2O3S. The van der Waals surface area contributed by atoms with Gasteiger partial charge in [0.25, 0.3) is 0 Å². The van der Waals surface area contributed by atoms with Crippen molar-refractivity contribution in [1.29, 1.82) is 0 Å². The lowest BCUT2D eigenvalue weighted by Gasteiger charge is -2.40. The van der Waals surface area contributed by atoms with Crippen LogP contribution in [0, 0.1) is 0 Å². The predicted octanol–water partition coefficient (Wildman–Crippen LogP) is 1.19. The summed E-state index contributed by atoms with van der Waals surface area (Å²) in [7, 11) is 0. The number of nitrogens with one attached hydrogen (secondary N) is 2. The van der Waals surface area contributed by atoms with E-state index in [-0.39, 0.29) is 10.8 Å². The summed E-state index contributed by atoms with van der Waals surface area (Å²) < 4.78 is 0.178. The Labute approximate surface area is 105 Å². The Morgan fingerprint density at radius 3 is 2.29 bits per heavy atom. The smallest absolute Gasteiger partial charge is 0.329 e. The van der Waals surface area contributed by atoms with Gasteiger partial charge in [-0.3, -0.25) is 0 Å². The van der Waals surface area contributed by atoms with Crippen molar-refractivity contribution in [3.63, 3.8) is 0 Å². The second-order valence-corrected chi connectivity index (χ2v) is 6.21. The fourth-order valence-electron chi connectivity index (χ4n) is 2.04. The third-order valence-corrected chi connectivity index (χ3v) is 5.20. The Balaban J connectivity index is 1.76. The fraction of sp³-hybridized carbons (Fsp3) is 0.818. The zero-order valence-corrected chi connectivity index (χ0v) is 10.7. The van der Waals surface area contributed by atoms with Crippen LogP contribution in [0.1, 0.15) is 32.1 Å². The number of urea groups is 1. The van der Waals surface area contributed by atoms with E-state index in [4.69, 9.17) is 5.11 Å². The second kappa shape index (κ2) is 4.40. The van der Waals surface area contributed by atoms with Gasteiger partial charge in [0, 0.05) is 11.3 Å². The average molecular weight is 258 g/mol. The van der Waals surface area contributed by atoms with Gasteiger partial charge >= 0.3 is 12.0 Å². The first-order valence-electron chi connectivity index (χ1n) is 5.87. The van der Waals surface area contributed by atoms with Gasteiger partial charge in [-0.25, -0.2) is 9.59 Å². The lowest BCUT2D eigenvalue weighted by atomic mass is 9.84. The summed E-state index contributed by atoms with van der Waals surface area (Å²) in [6.07, 6.45) is 6.57. The summed E-state index contributed by atoms with van der Waals surface area (Å²) in [6, 6.07) is -0.356. The molecule has 0 aliphatic heterocycles. The summed E-state index contributed by atoms with van der Waals surface area (Å²) in [5.41, 5.74) is -0.990. The molecule has 0 heterocycles. The van der Waals surface area contributed by atoms with E-state index in [1.807, 2.05) is 0 Å². The molecular weight excluding hydrogens is 240 g/mol. The maximum Gasteiger partial charge on any atom is 0.329 e. The van der Waals surface area contributed by atoms with Gasteiger partial charge in [0.05, 0.1) is 0 Å². The van der Waals surface area contributed by atoms with Crippen LogP contribution in [0.2, 0.25) is 0 Å². The highest BCUT2D eigenvalue weighted by Crippen LogP contribution is 2.42. The molecule has 0 saturated heterocycles. The van der Waals surface area contributed by atoms with Crippen LogP contribution in [0.4, 0.5) is 4.79 Å². The van der Waals surface area contributed by atoms with Crippen LogP contribution in [-0.2, 0) is 4.79 Å². The molecule has 0 atom stereocenters. The van der Waals surface area contributed by atoms with Gasteiger partial charge < -0.3 is 15.7 Å². The van der Waals surface area contributed by atoms with Crippen LogP contribution in [0.3, 0.4) is 0 Å². The van der Waals surface area contributed by atoms with Gasteiger partial charge in [0.2, 0.25) is 0 Å². The Hall–Kier alpha value is -0.910. The molecule has 5 nitrogen and oxygen atoms in total. The molecule has 2 saturated carbocycles. The maximum atomic E-state index is 11.6. The number of hydrogen-bond donors (Lipinski definition) is 3. The summed E-state index contributed by atoms with van der Waals surface area (Å²) >= 11 is 1.78. The number of aliphatic carboxylic acids is 1. The number of hydrogen-bond acceptors (Lipinski definition) is 3. The minimum Gasteiger partial charge on any atom is -0.480 e. The molecule has 0 aromatic rings. The number of amides is 2. The number of thioether (sulfide) groups is 1. The highest BCUT2D eigenvalue weighted by atomic mass is 32.2. The van der Waals surface area contributed by atoms with Crippen molar-refractivity contribution in [3.05, 3.63) is 0 Å². The van der Waals surface area contributed by atoms with Crippen molar-refractivity contribution in [2.45, 2.75) is 42.4 Å². The predicted molar refractivity (Wildman–Crippen MR) is 66.2 cm³/mol. The van der Waals surface area contributed by atoms with Gasteiger partial charge in [0.15, 0.2) is 0 Å². The van der Waals surface area contributed by atoms with Crippen LogP contribution in [0.5, 0.6) is 0 Å². The average Bonchev–Trinajstić information content (AvgIpc) is 2.98. The normalized spacial score (nSPS) is 23.4. The van der Waals surface area contributed by atoms with Gasteiger partial charge in [-0.1, -0.05) is 6.42 Å². The molecule has 2 rings (SSSR count). The van der Waals surface area contributed by atoms with E-state index in [0.29, 0.717) is 19.4 Å². The van der Waals surface area contributed by atoms with Crippen molar-refractivity contribution >= 4 is 23.8 Å². The molecule has 6 heteroatoms. The lowest BCUT2D eigenvalue weighted by molar-refractivity contribution is -0.140. The number of rotatable bonds is 5. The van der Waals surface area contributed by atoms with E-state index in [0.717, 1.165) is 12.8 Å². The summed E-state index contributed by atoms with van der Waals surface area (Å²) in [5, 5.41) is 14.3. The SMILES string of the molecule is CSC1(CNC(=O)NC2(C(=O)O)CC2)CCC1. The molecule has 0 bridgehead atoms. The third-order valence-electron chi connectivity index (χ3n) is 3.78. The molecule has 2 aliphatic rings. The number of carboxylic acids is 1. The lowest BCUT2D eigenvalue weighted by Crippen LogP contribution is -2.52. The van der Waals surface area contributed by atoms with Crippen molar-refractivity contribution in [1.82, 2.24) is 10.6 Å². The van der Waals surface area contributed by atoms with E-state index in [9.17, 15) is 9.59 Å². The topological polar surface area (TPSA) is 78.4 Å². The van der Waals surface area contributed by atoms with E-state index in [1.165, 1.54) is 6.42 Å². The van der Waals surface area contributed by atoms with Crippen LogP contribution >= 0.6 is 11.8 Å². The molecule has 0 aromatic heterocycles. The highest BCUT2D eigenvalue weighted by Gasteiger charge is 2.51. The third kappa shape index (κ3) is 2.51. The Morgan fingerprint density at radius 1 is 1.29 bits per heavy atom. The van der Waals surface area contributed by atoms with Gasteiger partial charge in [-0.05, 0) is 31.9 Å². The molecule has 96 valence electrons. The Morgan fingerprint density at radius 2 is 1.94 bits per heavy atom. The summed E-state index contributed by atoms with van der Waals surface area (Å²) in [5.74, 6) is -0.934. The number of carbonyl (C=O) groups is 2. The molecule has 0 aromatic carbocycles. The minimum absolute atomic E-state index is 0.178. The van der Waals surface area contributed by atoms with Gasteiger partial charge in [-0.2, -0.15) is 11.8 Å². The van der Waals surface area contributed by atoms with Crippen LogP contribution in [-0.4, -0.2) is 40.2 Å². The van der Waals surface area contributed by atoms with Crippen LogP contribution < -0.4 is 10.6 Å². The quantitative estimate of drug-likeness (QED) is 0.692. The molecule has 2 fully saturated rings. The summed E-state index contributed by atoms with van der Waals surface area (Å²) in [6.45, 7) is 0.621. The zero-order valence-electron chi connectivity index (χ0n) is 9.91.